The number of carbonyl (C=O) groups is 2. The lowest BCUT2D eigenvalue weighted by molar-refractivity contribution is -0.389. The van der Waals surface area contributed by atoms with Crippen LogP contribution in [0.25, 0.3) is 0 Å². The van der Waals surface area contributed by atoms with Gasteiger partial charge in [-0.1, -0.05) is 0 Å². The second-order valence-electron chi connectivity index (χ2n) is 4.85. The van der Waals surface area contributed by atoms with Gasteiger partial charge in [-0.2, -0.15) is 0 Å². The Morgan fingerprint density at radius 2 is 2.11 bits per heavy atom. The quantitative estimate of drug-likeness (QED) is 0.270. The normalized spacial score (nSPS) is 12.6. The molecule has 0 aliphatic rings. The van der Waals surface area contributed by atoms with E-state index in [0.717, 1.165) is 12.3 Å². The molecule has 1 aromatic heterocycles. The second-order valence-corrected chi connectivity index (χ2v) is 4.85. The van der Waals surface area contributed by atoms with Crippen LogP contribution in [0.15, 0.2) is 18.3 Å². The molecule has 1 atom stereocenters. The molecule has 1 rings (SSSR count). The summed E-state index contributed by atoms with van der Waals surface area (Å²) in [4.78, 5) is 36.1. The first-order valence-corrected chi connectivity index (χ1v) is 5.53. The number of aldehydes is 1. The van der Waals surface area contributed by atoms with Crippen molar-refractivity contribution in [3.05, 3.63) is 34.0 Å². The maximum absolute atomic E-state index is 11.8. The van der Waals surface area contributed by atoms with Crippen LogP contribution >= 0.6 is 0 Å². The van der Waals surface area contributed by atoms with Crippen molar-refractivity contribution in [1.82, 2.24) is 4.98 Å². The summed E-state index contributed by atoms with van der Waals surface area (Å²) >= 11 is 0. The van der Waals surface area contributed by atoms with Crippen LogP contribution in [0.5, 0.6) is 0 Å². The maximum Gasteiger partial charge on any atom is 0.363 e. The van der Waals surface area contributed by atoms with Gasteiger partial charge in [0, 0.05) is 11.6 Å². The molecule has 0 aliphatic heterocycles. The van der Waals surface area contributed by atoms with Crippen LogP contribution in [0.3, 0.4) is 0 Å². The highest BCUT2D eigenvalue weighted by molar-refractivity contribution is 5.94. The Morgan fingerprint density at radius 3 is 2.47 bits per heavy atom. The molecule has 1 unspecified atom stereocenters. The number of carbonyl (C=O) groups excluding carboxylic acids is 2. The number of ether oxygens (including phenoxy) is 1. The minimum Gasteiger partial charge on any atom is -0.459 e. The van der Waals surface area contributed by atoms with Crippen molar-refractivity contribution in [2.75, 3.05) is 0 Å². The highest BCUT2D eigenvalue weighted by atomic mass is 16.6. The molecule has 0 amide bonds. The van der Waals surface area contributed by atoms with Crippen LogP contribution in [-0.2, 0) is 14.3 Å². The number of pyridine rings is 1. The SMILES string of the molecule is CC(C)(C)OC(=O)C(C=O)c1ccc([N+](=O)[O-])nc1. The van der Waals surface area contributed by atoms with Crippen molar-refractivity contribution in [2.45, 2.75) is 32.3 Å². The Balaban J connectivity index is 2.94. The Hall–Kier alpha value is -2.31. The molecule has 1 heterocycles. The summed E-state index contributed by atoms with van der Waals surface area (Å²) in [6, 6.07) is 2.45. The summed E-state index contributed by atoms with van der Waals surface area (Å²) in [6.07, 6.45) is 1.55. The summed E-state index contributed by atoms with van der Waals surface area (Å²) in [5.74, 6) is -2.19. The Kier molecular flexibility index (Phi) is 4.31. The number of rotatable bonds is 4. The van der Waals surface area contributed by atoms with Crippen molar-refractivity contribution in [1.29, 1.82) is 0 Å². The van der Waals surface area contributed by atoms with Gasteiger partial charge in [0.2, 0.25) is 0 Å². The van der Waals surface area contributed by atoms with E-state index < -0.39 is 22.4 Å². The van der Waals surface area contributed by atoms with Gasteiger partial charge in [-0.05, 0) is 36.7 Å². The number of hydrogen-bond donors (Lipinski definition) is 0. The molecule has 0 spiro atoms. The number of nitro groups is 1. The number of aromatic nitrogens is 1. The maximum atomic E-state index is 11.8. The van der Waals surface area contributed by atoms with E-state index in [-0.39, 0.29) is 11.4 Å². The molecule has 0 N–H and O–H groups in total. The Morgan fingerprint density at radius 1 is 1.47 bits per heavy atom. The molecule has 0 saturated carbocycles. The standard InChI is InChI=1S/C12H14N2O5/c1-12(2,3)19-11(16)9(7-15)8-4-5-10(13-6-8)14(17)18/h4-7,9H,1-3H3. The van der Waals surface area contributed by atoms with Crippen LogP contribution in [-0.4, -0.2) is 27.8 Å². The van der Waals surface area contributed by atoms with Crippen LogP contribution < -0.4 is 0 Å². The van der Waals surface area contributed by atoms with Gasteiger partial charge in [0.15, 0.2) is 0 Å². The average molecular weight is 266 g/mol. The third-order valence-electron chi connectivity index (χ3n) is 2.11. The van der Waals surface area contributed by atoms with Gasteiger partial charge in [-0.3, -0.25) is 4.79 Å². The lowest BCUT2D eigenvalue weighted by Gasteiger charge is -2.21. The monoisotopic (exact) mass is 266 g/mol. The summed E-state index contributed by atoms with van der Waals surface area (Å²) in [7, 11) is 0. The van der Waals surface area contributed by atoms with E-state index in [1.807, 2.05) is 0 Å². The first-order valence-electron chi connectivity index (χ1n) is 5.53. The summed E-state index contributed by atoms with van der Waals surface area (Å²) in [6.45, 7) is 5.04. The predicted octanol–water partition coefficient (Wildman–Crippen LogP) is 1.61. The largest absolute Gasteiger partial charge is 0.459 e. The molecule has 102 valence electrons. The number of hydrogen-bond acceptors (Lipinski definition) is 6. The highest BCUT2D eigenvalue weighted by Gasteiger charge is 2.27. The average Bonchev–Trinajstić information content (AvgIpc) is 2.28. The van der Waals surface area contributed by atoms with Crippen molar-refractivity contribution < 1.29 is 19.2 Å². The Bertz CT molecular complexity index is 490. The molecular formula is C12H14N2O5. The van der Waals surface area contributed by atoms with Crippen molar-refractivity contribution in [3.8, 4) is 0 Å². The van der Waals surface area contributed by atoms with Crippen LogP contribution in [0, 0.1) is 10.1 Å². The van der Waals surface area contributed by atoms with Gasteiger partial charge in [0.1, 0.15) is 24.0 Å². The molecular weight excluding hydrogens is 252 g/mol. The van der Waals surface area contributed by atoms with Crippen molar-refractivity contribution >= 4 is 18.1 Å². The van der Waals surface area contributed by atoms with Crippen molar-refractivity contribution in [3.63, 3.8) is 0 Å². The Labute approximate surface area is 109 Å². The zero-order chi connectivity index (χ0) is 14.6. The number of esters is 1. The van der Waals surface area contributed by atoms with E-state index in [4.69, 9.17) is 4.74 Å². The summed E-state index contributed by atoms with van der Waals surface area (Å²) in [5, 5.41) is 10.5. The van der Waals surface area contributed by atoms with Gasteiger partial charge >= 0.3 is 11.8 Å². The fourth-order valence-electron chi connectivity index (χ4n) is 1.32. The highest BCUT2D eigenvalue weighted by Crippen LogP contribution is 2.20. The third kappa shape index (κ3) is 4.13. The smallest absolute Gasteiger partial charge is 0.363 e. The first-order chi connectivity index (χ1) is 8.74. The lowest BCUT2D eigenvalue weighted by Crippen LogP contribution is -2.28. The molecule has 0 fully saturated rings. The molecule has 1 aromatic rings. The van der Waals surface area contributed by atoms with Crippen LogP contribution in [0.4, 0.5) is 5.82 Å². The molecule has 7 nitrogen and oxygen atoms in total. The minimum absolute atomic E-state index is 0.259. The number of nitrogens with zero attached hydrogens (tertiary/aromatic N) is 2. The fourth-order valence-corrected chi connectivity index (χ4v) is 1.32. The van der Waals surface area contributed by atoms with Gasteiger partial charge in [-0.25, -0.2) is 0 Å². The molecule has 0 saturated heterocycles. The first kappa shape index (κ1) is 14.7. The van der Waals surface area contributed by atoms with Crippen LogP contribution in [0.2, 0.25) is 0 Å². The third-order valence-corrected chi connectivity index (χ3v) is 2.11. The van der Waals surface area contributed by atoms with E-state index in [1.54, 1.807) is 20.8 Å². The molecule has 7 heteroatoms. The van der Waals surface area contributed by atoms with E-state index >= 15 is 0 Å². The van der Waals surface area contributed by atoms with E-state index in [1.165, 1.54) is 6.07 Å². The van der Waals surface area contributed by atoms with Gasteiger partial charge in [0.05, 0.1) is 0 Å². The minimum atomic E-state index is -1.13. The summed E-state index contributed by atoms with van der Waals surface area (Å²) < 4.78 is 5.09. The molecule has 0 radical (unpaired) electrons. The van der Waals surface area contributed by atoms with Gasteiger partial charge in [-0.15, -0.1) is 0 Å². The summed E-state index contributed by atoms with van der Waals surface area (Å²) in [5.41, 5.74) is -0.457. The van der Waals surface area contributed by atoms with Crippen molar-refractivity contribution in [2.24, 2.45) is 0 Å². The molecule has 0 aromatic carbocycles. The van der Waals surface area contributed by atoms with Gasteiger partial charge in [0.25, 0.3) is 0 Å². The topological polar surface area (TPSA) is 99.4 Å². The fraction of sp³-hybridized carbons (Fsp3) is 0.417. The van der Waals surface area contributed by atoms with E-state index in [0.29, 0.717) is 6.29 Å². The zero-order valence-electron chi connectivity index (χ0n) is 10.8. The molecule has 0 bridgehead atoms. The molecule has 19 heavy (non-hydrogen) atoms. The predicted molar refractivity (Wildman–Crippen MR) is 65.5 cm³/mol. The molecule has 0 aliphatic carbocycles. The zero-order valence-corrected chi connectivity index (χ0v) is 10.8. The van der Waals surface area contributed by atoms with E-state index in [9.17, 15) is 19.7 Å². The van der Waals surface area contributed by atoms with E-state index in [2.05, 4.69) is 4.98 Å². The second kappa shape index (κ2) is 5.55. The van der Waals surface area contributed by atoms with Crippen LogP contribution in [0.1, 0.15) is 32.3 Å². The van der Waals surface area contributed by atoms with Gasteiger partial charge < -0.3 is 19.6 Å². The lowest BCUT2D eigenvalue weighted by atomic mass is 10.0.